The van der Waals surface area contributed by atoms with Gasteiger partial charge < -0.3 is 19.3 Å². The number of aromatic nitrogens is 4. The van der Waals surface area contributed by atoms with Crippen molar-refractivity contribution in [3.8, 4) is 17.3 Å². The quantitative estimate of drug-likeness (QED) is 0.614. The summed E-state index contributed by atoms with van der Waals surface area (Å²) in [6.07, 6.45) is 5.18. The van der Waals surface area contributed by atoms with E-state index >= 15 is 0 Å². The van der Waals surface area contributed by atoms with E-state index in [1.807, 2.05) is 40.8 Å². The SMILES string of the molecule is COc1ccccc1OCC(=O)N1CCN(c2cc(-n3ccnc3C)ncn2)CC1. The van der Waals surface area contributed by atoms with Gasteiger partial charge in [0.15, 0.2) is 18.1 Å². The number of methoxy groups -OCH3 is 1. The molecule has 0 saturated carbocycles. The van der Waals surface area contributed by atoms with Crippen molar-refractivity contribution < 1.29 is 14.3 Å². The van der Waals surface area contributed by atoms with Crippen LogP contribution in [0.1, 0.15) is 5.82 Å². The highest BCUT2D eigenvalue weighted by Gasteiger charge is 2.23. The summed E-state index contributed by atoms with van der Waals surface area (Å²) in [5, 5.41) is 0. The summed E-state index contributed by atoms with van der Waals surface area (Å²) in [6.45, 7) is 4.52. The van der Waals surface area contributed by atoms with E-state index in [1.165, 1.54) is 0 Å². The number of carbonyl (C=O) groups is 1. The molecule has 1 aromatic carbocycles. The minimum atomic E-state index is -0.0435. The minimum absolute atomic E-state index is 0.0159. The number of amides is 1. The van der Waals surface area contributed by atoms with E-state index in [0.29, 0.717) is 37.7 Å². The molecule has 0 atom stereocenters. The van der Waals surface area contributed by atoms with Gasteiger partial charge in [-0.25, -0.2) is 15.0 Å². The van der Waals surface area contributed by atoms with Crippen LogP contribution in [0.5, 0.6) is 11.5 Å². The van der Waals surface area contributed by atoms with Crippen LogP contribution in [-0.2, 0) is 4.79 Å². The van der Waals surface area contributed by atoms with Gasteiger partial charge in [0.05, 0.1) is 7.11 Å². The number of benzene rings is 1. The molecule has 1 fully saturated rings. The fourth-order valence-electron chi connectivity index (χ4n) is 3.42. The summed E-state index contributed by atoms with van der Waals surface area (Å²) in [7, 11) is 1.58. The van der Waals surface area contributed by atoms with Gasteiger partial charge in [0.25, 0.3) is 5.91 Å². The predicted octanol–water partition coefficient (Wildman–Crippen LogP) is 1.71. The van der Waals surface area contributed by atoms with Crippen LogP contribution in [-0.4, -0.2) is 70.2 Å². The van der Waals surface area contributed by atoms with Gasteiger partial charge in [0, 0.05) is 44.6 Å². The zero-order chi connectivity index (χ0) is 20.9. The van der Waals surface area contributed by atoms with Crippen LogP contribution >= 0.6 is 0 Å². The summed E-state index contributed by atoms with van der Waals surface area (Å²) >= 11 is 0. The van der Waals surface area contributed by atoms with Gasteiger partial charge in [-0.05, 0) is 19.1 Å². The molecule has 3 aromatic rings. The van der Waals surface area contributed by atoms with Crippen LogP contribution < -0.4 is 14.4 Å². The summed E-state index contributed by atoms with van der Waals surface area (Å²) in [5.74, 6) is 3.62. The average Bonchev–Trinajstić information content (AvgIpc) is 3.23. The summed E-state index contributed by atoms with van der Waals surface area (Å²) in [5.41, 5.74) is 0. The second kappa shape index (κ2) is 8.81. The van der Waals surface area contributed by atoms with Crippen molar-refractivity contribution >= 4 is 11.7 Å². The molecule has 0 spiro atoms. The third-order valence-corrected chi connectivity index (χ3v) is 5.09. The molecule has 156 valence electrons. The Balaban J connectivity index is 1.34. The molecule has 0 N–H and O–H groups in total. The fraction of sp³-hybridized carbons (Fsp3) is 0.333. The first-order chi connectivity index (χ1) is 14.7. The molecule has 1 saturated heterocycles. The largest absolute Gasteiger partial charge is 0.493 e. The first kappa shape index (κ1) is 19.7. The van der Waals surface area contributed by atoms with Crippen molar-refractivity contribution in [1.29, 1.82) is 0 Å². The molecular weight excluding hydrogens is 384 g/mol. The number of piperazine rings is 1. The van der Waals surface area contributed by atoms with E-state index in [1.54, 1.807) is 31.8 Å². The van der Waals surface area contributed by atoms with Gasteiger partial charge in [-0.2, -0.15) is 0 Å². The maximum absolute atomic E-state index is 12.6. The maximum Gasteiger partial charge on any atom is 0.260 e. The van der Waals surface area contributed by atoms with Crippen molar-refractivity contribution in [2.24, 2.45) is 0 Å². The van der Waals surface area contributed by atoms with Crippen LogP contribution in [0.3, 0.4) is 0 Å². The standard InChI is InChI=1S/C21H24N6O3/c1-16-22-7-8-27(16)20-13-19(23-15-24-20)25-9-11-26(12-10-25)21(28)14-30-18-6-4-3-5-17(18)29-2/h3-8,13,15H,9-12,14H2,1-2H3. The van der Waals surface area contributed by atoms with E-state index in [4.69, 9.17) is 9.47 Å². The highest BCUT2D eigenvalue weighted by molar-refractivity contribution is 5.78. The Morgan fingerprint density at radius 2 is 1.77 bits per heavy atom. The fourth-order valence-corrected chi connectivity index (χ4v) is 3.42. The average molecular weight is 408 g/mol. The lowest BCUT2D eigenvalue weighted by Crippen LogP contribution is -2.50. The molecule has 0 unspecified atom stereocenters. The molecule has 4 rings (SSSR count). The Labute approximate surface area is 174 Å². The van der Waals surface area contributed by atoms with E-state index in [-0.39, 0.29) is 12.5 Å². The zero-order valence-corrected chi connectivity index (χ0v) is 17.1. The van der Waals surface area contributed by atoms with Crippen LogP contribution in [0, 0.1) is 6.92 Å². The molecular formula is C21H24N6O3. The molecule has 9 nitrogen and oxygen atoms in total. The first-order valence-corrected chi connectivity index (χ1v) is 9.76. The number of carbonyl (C=O) groups excluding carboxylic acids is 1. The number of hydrogen-bond donors (Lipinski definition) is 0. The molecule has 2 aromatic heterocycles. The lowest BCUT2D eigenvalue weighted by atomic mass is 10.3. The molecule has 3 heterocycles. The van der Waals surface area contributed by atoms with Crippen LogP contribution in [0.2, 0.25) is 0 Å². The summed E-state index contributed by atoms with van der Waals surface area (Å²) < 4.78 is 12.8. The van der Waals surface area contributed by atoms with E-state index in [2.05, 4.69) is 19.9 Å². The minimum Gasteiger partial charge on any atom is -0.493 e. The van der Waals surface area contributed by atoms with E-state index in [9.17, 15) is 4.79 Å². The van der Waals surface area contributed by atoms with Gasteiger partial charge in [-0.3, -0.25) is 9.36 Å². The lowest BCUT2D eigenvalue weighted by Gasteiger charge is -2.35. The second-order valence-corrected chi connectivity index (χ2v) is 6.89. The Kier molecular flexibility index (Phi) is 5.78. The number of hydrogen-bond acceptors (Lipinski definition) is 7. The summed E-state index contributed by atoms with van der Waals surface area (Å²) in [6, 6.07) is 9.25. The van der Waals surface area contributed by atoms with Crippen molar-refractivity contribution in [1.82, 2.24) is 24.4 Å². The van der Waals surface area contributed by atoms with Crippen molar-refractivity contribution in [2.45, 2.75) is 6.92 Å². The Hall–Kier alpha value is -3.62. The number of nitrogens with zero attached hydrogens (tertiary/aromatic N) is 6. The van der Waals surface area contributed by atoms with Gasteiger partial charge >= 0.3 is 0 Å². The van der Waals surface area contributed by atoms with E-state index in [0.717, 1.165) is 17.5 Å². The summed E-state index contributed by atoms with van der Waals surface area (Å²) in [4.78, 5) is 29.5. The highest BCUT2D eigenvalue weighted by atomic mass is 16.5. The van der Waals surface area contributed by atoms with Crippen molar-refractivity contribution in [3.63, 3.8) is 0 Å². The third-order valence-electron chi connectivity index (χ3n) is 5.09. The second-order valence-electron chi connectivity index (χ2n) is 6.89. The number of rotatable bonds is 6. The predicted molar refractivity (Wildman–Crippen MR) is 111 cm³/mol. The van der Waals surface area contributed by atoms with Gasteiger partial charge in [-0.1, -0.05) is 12.1 Å². The first-order valence-electron chi connectivity index (χ1n) is 9.76. The molecule has 0 aliphatic carbocycles. The third kappa shape index (κ3) is 4.19. The normalized spacial score (nSPS) is 13.9. The van der Waals surface area contributed by atoms with Gasteiger partial charge in [-0.15, -0.1) is 0 Å². The number of ether oxygens (including phenoxy) is 2. The van der Waals surface area contributed by atoms with Crippen LogP contribution in [0.4, 0.5) is 5.82 Å². The van der Waals surface area contributed by atoms with Gasteiger partial charge in [0.2, 0.25) is 0 Å². The Morgan fingerprint density at radius 1 is 1.03 bits per heavy atom. The molecule has 1 aliphatic rings. The van der Waals surface area contributed by atoms with Crippen molar-refractivity contribution in [2.75, 3.05) is 44.8 Å². The zero-order valence-electron chi connectivity index (χ0n) is 17.1. The number of aryl methyl sites for hydroxylation is 1. The Morgan fingerprint density at radius 3 is 2.47 bits per heavy atom. The smallest absolute Gasteiger partial charge is 0.260 e. The molecule has 1 amide bonds. The molecule has 30 heavy (non-hydrogen) atoms. The molecule has 0 radical (unpaired) electrons. The van der Waals surface area contributed by atoms with Gasteiger partial charge in [0.1, 0.15) is 23.8 Å². The number of imidazole rings is 1. The number of anilines is 1. The lowest BCUT2D eigenvalue weighted by molar-refractivity contribution is -0.133. The van der Waals surface area contributed by atoms with Crippen LogP contribution in [0.15, 0.2) is 49.1 Å². The molecule has 0 bridgehead atoms. The van der Waals surface area contributed by atoms with E-state index < -0.39 is 0 Å². The highest BCUT2D eigenvalue weighted by Crippen LogP contribution is 2.25. The molecule has 9 heteroatoms. The topological polar surface area (TPSA) is 85.6 Å². The molecule has 1 aliphatic heterocycles. The Bertz CT molecular complexity index is 1010. The number of para-hydroxylation sites is 2. The monoisotopic (exact) mass is 408 g/mol. The maximum atomic E-state index is 12.6. The van der Waals surface area contributed by atoms with Crippen molar-refractivity contribution in [3.05, 3.63) is 54.9 Å². The van der Waals surface area contributed by atoms with Crippen LogP contribution in [0.25, 0.3) is 5.82 Å².